The van der Waals surface area contributed by atoms with Gasteiger partial charge in [0.05, 0.1) is 36.4 Å². The van der Waals surface area contributed by atoms with Crippen LogP contribution in [0.4, 0.5) is 13.2 Å². The number of nitrogens with one attached hydrogen (secondary N) is 1. The average Bonchev–Trinajstić information content (AvgIpc) is 3.29. The van der Waals surface area contributed by atoms with Crippen molar-refractivity contribution in [1.29, 1.82) is 0 Å². The minimum Gasteiger partial charge on any atom is -0.612 e. The van der Waals surface area contributed by atoms with E-state index in [-0.39, 0.29) is 37.7 Å². The van der Waals surface area contributed by atoms with Gasteiger partial charge in [-0.2, -0.15) is 0 Å². The Hall–Kier alpha value is -3.75. The van der Waals surface area contributed by atoms with E-state index in [4.69, 9.17) is 9.47 Å². The van der Waals surface area contributed by atoms with Gasteiger partial charge in [-0.15, -0.1) is 11.3 Å². The van der Waals surface area contributed by atoms with Crippen molar-refractivity contribution in [2.75, 3.05) is 20.5 Å². The van der Waals surface area contributed by atoms with E-state index in [0.717, 1.165) is 36.6 Å². The molecule has 0 fully saturated rings. The molecule has 2 aromatic carbocycles. The Labute approximate surface area is 213 Å². The molecule has 0 radical (unpaired) electrons. The maximum Gasteiger partial charge on any atom is 0.348 e. The number of hydrogen-bond acceptors (Lipinski definition) is 8. The van der Waals surface area contributed by atoms with Crippen LogP contribution in [0.3, 0.4) is 0 Å². The number of hydrogen-bond donors (Lipinski definition) is 1. The van der Waals surface area contributed by atoms with Crippen molar-refractivity contribution in [3.8, 4) is 17.2 Å². The highest BCUT2D eigenvalue weighted by atomic mass is 32.2. The Morgan fingerprint density at radius 3 is 2.51 bits per heavy atom. The molecule has 2 heterocycles. The highest BCUT2D eigenvalue weighted by Gasteiger charge is 2.25. The summed E-state index contributed by atoms with van der Waals surface area (Å²) in [6.45, 7) is -0.622. The first-order valence-corrected chi connectivity index (χ1v) is 12.7. The van der Waals surface area contributed by atoms with Gasteiger partial charge in [-0.1, -0.05) is 0 Å². The predicted molar refractivity (Wildman–Crippen MR) is 129 cm³/mol. The Bertz CT molecular complexity index is 1650. The van der Waals surface area contributed by atoms with E-state index in [1.807, 2.05) is 0 Å². The number of nitrogens with zero attached hydrogens (tertiary/aromatic N) is 1. The van der Waals surface area contributed by atoms with Gasteiger partial charge in [0, 0.05) is 17.5 Å². The molecule has 9 nitrogen and oxygen atoms in total. The molecule has 194 valence electrons. The maximum atomic E-state index is 15.2. The van der Waals surface area contributed by atoms with Gasteiger partial charge in [0.1, 0.15) is 23.5 Å². The second-order valence-electron chi connectivity index (χ2n) is 7.45. The van der Waals surface area contributed by atoms with Crippen molar-refractivity contribution < 1.29 is 36.7 Å². The Kier molecular flexibility index (Phi) is 7.34. The monoisotopic (exact) mass is 554 g/mol. The molecule has 0 spiro atoms. The number of fused-ring (bicyclic) bond motifs is 1. The lowest BCUT2D eigenvalue weighted by molar-refractivity contribution is 0.0608. The van der Waals surface area contributed by atoms with E-state index in [9.17, 15) is 27.7 Å². The summed E-state index contributed by atoms with van der Waals surface area (Å²) in [6.07, 6.45) is 1.23. The highest BCUT2D eigenvalue weighted by Crippen LogP contribution is 2.32. The number of esters is 1. The Morgan fingerprint density at radius 1 is 1.14 bits per heavy atom. The van der Waals surface area contributed by atoms with Crippen molar-refractivity contribution >= 4 is 39.4 Å². The summed E-state index contributed by atoms with van der Waals surface area (Å²) < 4.78 is 71.3. The standard InChI is InChI=1S/C23H17F3N2O7S2/c1-33-15-5-4-11(24)19(26)10(15)8-35-16-7-14(12(25)6-17(16)37(3)32)28-21(29)18-13(27-23(28)31)9-36-20(18)22(30)34-2/h4-7,9H,8H2,1-3H3,(H,27,31). The number of thiophene rings is 1. The summed E-state index contributed by atoms with van der Waals surface area (Å²) in [5, 5.41) is 1.16. The number of halogens is 3. The summed E-state index contributed by atoms with van der Waals surface area (Å²) in [5.41, 5.74) is -2.90. The van der Waals surface area contributed by atoms with Crippen LogP contribution in [0, 0.1) is 17.5 Å². The SMILES string of the molecule is COC(=O)c1scc2[nH]c(=O)n(-c3cc(OCc4c(OC)ccc(F)c4F)c([S+](C)[O-])cc3F)c(=O)c12. The fourth-order valence-electron chi connectivity index (χ4n) is 3.58. The summed E-state index contributed by atoms with van der Waals surface area (Å²) in [4.78, 5) is 40.2. The molecule has 37 heavy (non-hydrogen) atoms. The number of ether oxygens (including phenoxy) is 3. The van der Waals surface area contributed by atoms with Crippen molar-refractivity contribution in [2.24, 2.45) is 0 Å². The minimum atomic E-state index is -1.82. The molecule has 0 aliphatic heterocycles. The molecule has 4 rings (SSSR count). The molecule has 1 atom stereocenters. The van der Waals surface area contributed by atoms with Crippen LogP contribution >= 0.6 is 11.3 Å². The van der Waals surface area contributed by atoms with Gasteiger partial charge < -0.3 is 23.7 Å². The topological polar surface area (TPSA) is 123 Å². The van der Waals surface area contributed by atoms with Crippen LogP contribution in [-0.2, 0) is 22.5 Å². The van der Waals surface area contributed by atoms with Crippen LogP contribution in [0.25, 0.3) is 16.6 Å². The van der Waals surface area contributed by atoms with Crippen LogP contribution in [-0.4, -0.2) is 40.5 Å². The fraction of sp³-hybridized carbons (Fsp3) is 0.174. The van der Waals surface area contributed by atoms with Crippen molar-refractivity contribution in [1.82, 2.24) is 9.55 Å². The van der Waals surface area contributed by atoms with Crippen LogP contribution in [0.2, 0.25) is 0 Å². The predicted octanol–water partition coefficient (Wildman–Crippen LogP) is 3.27. The molecule has 2 aromatic heterocycles. The molecule has 0 aliphatic carbocycles. The molecule has 1 N–H and O–H groups in total. The van der Waals surface area contributed by atoms with Crippen molar-refractivity contribution in [3.05, 3.63) is 78.4 Å². The van der Waals surface area contributed by atoms with Gasteiger partial charge in [-0.3, -0.25) is 4.79 Å². The van der Waals surface area contributed by atoms with E-state index in [2.05, 4.69) is 9.72 Å². The first-order chi connectivity index (χ1) is 17.6. The molecule has 0 amide bonds. The van der Waals surface area contributed by atoms with E-state index < -0.39 is 58.1 Å². The first-order valence-electron chi connectivity index (χ1n) is 10.2. The molecule has 1 unspecified atom stereocenters. The van der Waals surface area contributed by atoms with Crippen LogP contribution in [0.15, 0.2) is 44.1 Å². The number of rotatable bonds is 7. The van der Waals surface area contributed by atoms with Gasteiger partial charge in [0.25, 0.3) is 5.56 Å². The van der Waals surface area contributed by atoms with E-state index >= 15 is 4.39 Å². The number of carbonyl (C=O) groups is 1. The largest absolute Gasteiger partial charge is 0.612 e. The summed E-state index contributed by atoms with van der Waals surface area (Å²) >= 11 is -0.972. The number of aromatic amines is 1. The highest BCUT2D eigenvalue weighted by molar-refractivity contribution is 7.90. The third-order valence-corrected chi connectivity index (χ3v) is 7.23. The Balaban J connectivity index is 1.88. The molecular formula is C23H17F3N2O7S2. The van der Waals surface area contributed by atoms with E-state index in [1.165, 1.54) is 24.8 Å². The zero-order valence-corrected chi connectivity index (χ0v) is 21.0. The van der Waals surface area contributed by atoms with Gasteiger partial charge in [0.2, 0.25) is 0 Å². The van der Waals surface area contributed by atoms with E-state index in [0.29, 0.717) is 4.57 Å². The number of benzene rings is 2. The summed E-state index contributed by atoms with van der Waals surface area (Å²) in [6, 6.07) is 3.77. The maximum absolute atomic E-state index is 15.2. The Morgan fingerprint density at radius 2 is 1.86 bits per heavy atom. The lowest BCUT2D eigenvalue weighted by atomic mass is 10.2. The normalized spacial score (nSPS) is 12.0. The van der Waals surface area contributed by atoms with Crippen LogP contribution < -0.4 is 20.7 Å². The quantitative estimate of drug-likeness (QED) is 0.275. The number of carbonyl (C=O) groups excluding carboxylic acids is 1. The van der Waals surface area contributed by atoms with Gasteiger partial charge in [0.15, 0.2) is 28.1 Å². The summed E-state index contributed by atoms with van der Waals surface area (Å²) in [5.74, 6) is -4.65. The van der Waals surface area contributed by atoms with Crippen LogP contribution in [0.5, 0.6) is 11.5 Å². The van der Waals surface area contributed by atoms with Crippen LogP contribution in [0.1, 0.15) is 15.2 Å². The molecular weight excluding hydrogens is 537 g/mol. The molecule has 4 aromatic rings. The lowest BCUT2D eigenvalue weighted by Gasteiger charge is -2.16. The zero-order valence-electron chi connectivity index (χ0n) is 19.3. The van der Waals surface area contributed by atoms with Gasteiger partial charge >= 0.3 is 11.7 Å². The second-order valence-corrected chi connectivity index (χ2v) is 9.68. The molecule has 0 saturated carbocycles. The average molecular weight is 555 g/mol. The van der Waals surface area contributed by atoms with E-state index in [1.54, 1.807) is 0 Å². The first kappa shape index (κ1) is 26.3. The molecule has 0 bridgehead atoms. The third-order valence-electron chi connectivity index (χ3n) is 5.33. The lowest BCUT2D eigenvalue weighted by Crippen LogP contribution is -2.34. The number of H-pyrrole nitrogens is 1. The van der Waals surface area contributed by atoms with Crippen molar-refractivity contribution in [2.45, 2.75) is 11.5 Å². The second kappa shape index (κ2) is 10.3. The molecule has 0 saturated heterocycles. The molecule has 14 heteroatoms. The van der Waals surface area contributed by atoms with Gasteiger partial charge in [-0.05, 0) is 23.3 Å². The van der Waals surface area contributed by atoms with Gasteiger partial charge in [-0.25, -0.2) is 27.3 Å². The fourth-order valence-corrected chi connectivity index (χ4v) is 5.16. The molecule has 0 aliphatic rings. The third kappa shape index (κ3) is 4.70. The minimum absolute atomic E-state index is 0.0358. The van der Waals surface area contributed by atoms with Crippen molar-refractivity contribution in [3.63, 3.8) is 0 Å². The number of aromatic nitrogens is 2. The summed E-state index contributed by atoms with van der Waals surface area (Å²) in [7, 11) is 2.35. The number of methoxy groups -OCH3 is 2. The zero-order chi connectivity index (χ0) is 27.0. The smallest absolute Gasteiger partial charge is 0.348 e.